The first-order valence-corrected chi connectivity index (χ1v) is 5.00. The fourth-order valence-electron chi connectivity index (χ4n) is 1.02. The highest BCUT2D eigenvalue weighted by Gasteiger charge is 1.98. The van der Waals surface area contributed by atoms with Crippen LogP contribution in [0.4, 0.5) is 0 Å². The van der Waals surface area contributed by atoms with E-state index in [4.69, 9.17) is 0 Å². The lowest BCUT2D eigenvalue weighted by Crippen LogP contribution is -1.98. The Hall–Kier alpha value is -1.36. The molecule has 4 nitrogen and oxygen atoms in total. The Morgan fingerprint density at radius 2 is 2.31 bits per heavy atom. The summed E-state index contributed by atoms with van der Waals surface area (Å²) in [6, 6.07) is 7.99. The van der Waals surface area contributed by atoms with Gasteiger partial charge in [0.05, 0.1) is 5.69 Å². The second-order valence-corrected chi connectivity index (χ2v) is 3.31. The van der Waals surface area contributed by atoms with Gasteiger partial charge in [-0.3, -0.25) is 0 Å². The SMILES string of the molecule is CSc1cccc(-n2ncnn2)c1. The Kier molecular flexibility index (Phi) is 2.27. The molecule has 0 fully saturated rings. The molecule has 0 spiro atoms. The zero-order valence-electron chi connectivity index (χ0n) is 7.08. The van der Waals surface area contributed by atoms with E-state index in [9.17, 15) is 0 Å². The maximum atomic E-state index is 3.95. The molecule has 0 saturated heterocycles. The van der Waals surface area contributed by atoms with Crippen LogP contribution in [0.3, 0.4) is 0 Å². The fraction of sp³-hybridized carbons (Fsp3) is 0.125. The van der Waals surface area contributed by atoms with E-state index in [1.165, 1.54) is 16.0 Å². The van der Waals surface area contributed by atoms with Gasteiger partial charge in [-0.25, -0.2) is 0 Å². The van der Waals surface area contributed by atoms with Gasteiger partial charge in [0.2, 0.25) is 0 Å². The molecule has 0 aliphatic carbocycles. The van der Waals surface area contributed by atoms with Crippen molar-refractivity contribution in [1.82, 2.24) is 20.2 Å². The van der Waals surface area contributed by atoms with Crippen molar-refractivity contribution in [3.05, 3.63) is 30.6 Å². The second-order valence-electron chi connectivity index (χ2n) is 2.43. The molecular formula is C8H8N4S. The molecule has 0 N–H and O–H groups in total. The van der Waals surface area contributed by atoms with Crippen LogP contribution in [0.15, 0.2) is 35.5 Å². The van der Waals surface area contributed by atoms with Gasteiger partial charge in [-0.2, -0.15) is 0 Å². The van der Waals surface area contributed by atoms with E-state index < -0.39 is 0 Å². The summed E-state index contributed by atoms with van der Waals surface area (Å²) in [5.41, 5.74) is 0.935. The van der Waals surface area contributed by atoms with Crippen LogP contribution in [0.5, 0.6) is 0 Å². The highest BCUT2D eigenvalue weighted by Crippen LogP contribution is 2.16. The molecule has 1 aromatic carbocycles. The van der Waals surface area contributed by atoms with Crippen LogP contribution in [0.2, 0.25) is 0 Å². The number of benzene rings is 1. The maximum Gasteiger partial charge on any atom is 0.162 e. The van der Waals surface area contributed by atoms with Gasteiger partial charge in [-0.05, 0) is 29.7 Å². The molecule has 1 heterocycles. The first kappa shape index (κ1) is 8.25. The van der Waals surface area contributed by atoms with Crippen molar-refractivity contribution in [2.24, 2.45) is 0 Å². The fourth-order valence-corrected chi connectivity index (χ4v) is 1.47. The maximum absolute atomic E-state index is 3.95. The van der Waals surface area contributed by atoms with Gasteiger partial charge in [-0.15, -0.1) is 26.8 Å². The van der Waals surface area contributed by atoms with E-state index in [1.807, 2.05) is 30.5 Å². The predicted octanol–water partition coefficient (Wildman–Crippen LogP) is 1.38. The van der Waals surface area contributed by atoms with Crippen molar-refractivity contribution < 1.29 is 0 Å². The van der Waals surface area contributed by atoms with Gasteiger partial charge < -0.3 is 0 Å². The van der Waals surface area contributed by atoms with Crippen molar-refractivity contribution >= 4 is 11.8 Å². The van der Waals surface area contributed by atoms with Gasteiger partial charge in [0.15, 0.2) is 6.33 Å². The predicted molar refractivity (Wildman–Crippen MR) is 50.9 cm³/mol. The lowest BCUT2D eigenvalue weighted by molar-refractivity contribution is 0.718. The standard InChI is InChI=1S/C8H8N4S/c1-13-8-4-2-3-7(5-8)12-10-6-9-11-12/h2-6H,1H3. The molecule has 0 amide bonds. The number of aromatic nitrogens is 4. The lowest BCUT2D eigenvalue weighted by atomic mass is 10.3. The van der Waals surface area contributed by atoms with E-state index in [2.05, 4.69) is 15.4 Å². The summed E-state index contributed by atoms with van der Waals surface area (Å²) in [4.78, 5) is 2.69. The quantitative estimate of drug-likeness (QED) is 0.674. The smallest absolute Gasteiger partial charge is 0.135 e. The third kappa shape index (κ3) is 1.70. The lowest BCUT2D eigenvalue weighted by Gasteiger charge is -1.99. The summed E-state index contributed by atoms with van der Waals surface area (Å²) in [6.45, 7) is 0. The zero-order chi connectivity index (χ0) is 9.10. The van der Waals surface area contributed by atoms with Crippen molar-refractivity contribution in [3.63, 3.8) is 0 Å². The summed E-state index contributed by atoms with van der Waals surface area (Å²) >= 11 is 1.69. The molecule has 0 aliphatic heterocycles. The molecule has 1 aromatic heterocycles. The molecule has 0 bridgehead atoms. The van der Waals surface area contributed by atoms with E-state index in [0.29, 0.717) is 0 Å². The van der Waals surface area contributed by atoms with Crippen LogP contribution in [0, 0.1) is 0 Å². The van der Waals surface area contributed by atoms with E-state index in [-0.39, 0.29) is 0 Å². The van der Waals surface area contributed by atoms with Gasteiger partial charge in [0, 0.05) is 4.90 Å². The van der Waals surface area contributed by atoms with E-state index >= 15 is 0 Å². The van der Waals surface area contributed by atoms with Crippen molar-refractivity contribution in [3.8, 4) is 5.69 Å². The molecule has 0 saturated carbocycles. The van der Waals surface area contributed by atoms with Gasteiger partial charge in [0.25, 0.3) is 0 Å². The Bertz CT molecular complexity index is 385. The van der Waals surface area contributed by atoms with Gasteiger partial charge >= 0.3 is 0 Å². The molecule has 5 heteroatoms. The van der Waals surface area contributed by atoms with Crippen molar-refractivity contribution in [2.75, 3.05) is 6.26 Å². The topological polar surface area (TPSA) is 43.6 Å². The average Bonchev–Trinajstić information content (AvgIpc) is 2.71. The number of nitrogens with zero attached hydrogens (tertiary/aromatic N) is 4. The Balaban J connectivity index is 2.41. The summed E-state index contributed by atoms with van der Waals surface area (Å²) < 4.78 is 0. The normalized spacial score (nSPS) is 10.2. The van der Waals surface area contributed by atoms with Gasteiger partial charge in [-0.1, -0.05) is 6.07 Å². The summed E-state index contributed by atoms with van der Waals surface area (Å²) in [7, 11) is 0. The van der Waals surface area contributed by atoms with Crippen LogP contribution >= 0.6 is 11.8 Å². The molecule has 2 rings (SSSR count). The third-order valence-corrected chi connectivity index (χ3v) is 2.36. The van der Waals surface area contributed by atoms with Crippen LogP contribution in [-0.2, 0) is 0 Å². The number of thioether (sulfide) groups is 1. The minimum atomic E-state index is 0.935. The number of hydrogen-bond donors (Lipinski definition) is 0. The number of hydrogen-bond acceptors (Lipinski definition) is 4. The largest absolute Gasteiger partial charge is 0.162 e. The summed E-state index contributed by atoms with van der Waals surface area (Å²) in [6.07, 6.45) is 3.46. The molecule has 0 radical (unpaired) electrons. The highest BCUT2D eigenvalue weighted by molar-refractivity contribution is 7.98. The average molecular weight is 192 g/mol. The zero-order valence-corrected chi connectivity index (χ0v) is 7.90. The van der Waals surface area contributed by atoms with Crippen LogP contribution in [0.1, 0.15) is 0 Å². The molecule has 2 aromatic rings. The first-order valence-electron chi connectivity index (χ1n) is 3.77. The first-order chi connectivity index (χ1) is 6.40. The van der Waals surface area contributed by atoms with Crippen molar-refractivity contribution in [2.45, 2.75) is 4.90 Å². The number of tetrazole rings is 1. The Morgan fingerprint density at radius 1 is 1.38 bits per heavy atom. The summed E-state index contributed by atoms with van der Waals surface area (Å²) in [5, 5.41) is 11.4. The molecular weight excluding hydrogens is 184 g/mol. The minimum Gasteiger partial charge on any atom is -0.135 e. The van der Waals surface area contributed by atoms with E-state index in [0.717, 1.165) is 5.69 Å². The Labute approximate surface area is 80.0 Å². The van der Waals surface area contributed by atoms with Crippen LogP contribution < -0.4 is 0 Å². The molecule has 13 heavy (non-hydrogen) atoms. The summed E-state index contributed by atoms with van der Waals surface area (Å²) in [5.74, 6) is 0. The van der Waals surface area contributed by atoms with Crippen LogP contribution in [0.25, 0.3) is 5.69 Å². The monoisotopic (exact) mass is 192 g/mol. The second kappa shape index (κ2) is 3.57. The molecule has 0 aliphatic rings. The van der Waals surface area contributed by atoms with Crippen LogP contribution in [-0.4, -0.2) is 26.5 Å². The molecule has 0 atom stereocenters. The highest BCUT2D eigenvalue weighted by atomic mass is 32.2. The van der Waals surface area contributed by atoms with Gasteiger partial charge in [0.1, 0.15) is 0 Å². The molecule has 0 unspecified atom stereocenters. The van der Waals surface area contributed by atoms with E-state index in [1.54, 1.807) is 11.8 Å². The molecule has 66 valence electrons. The minimum absolute atomic E-state index is 0.935. The van der Waals surface area contributed by atoms with Crippen molar-refractivity contribution in [1.29, 1.82) is 0 Å². The third-order valence-electron chi connectivity index (χ3n) is 1.63. The number of rotatable bonds is 2. The Morgan fingerprint density at radius 3 is 3.00 bits per heavy atom.